The molecule has 1 fully saturated rings. The van der Waals surface area contributed by atoms with Crippen LogP contribution in [-0.4, -0.2) is 12.5 Å². The summed E-state index contributed by atoms with van der Waals surface area (Å²) in [6.07, 6.45) is 1.97. The Morgan fingerprint density at radius 3 is 2.53 bits per heavy atom. The standard InChI is InChI=1S/C14H18N2O/c1-14(2,3)12-7-5-4-6-10(12)8-11-9-15-16-13(11)17/h4-8,15H,9H2,1-3H3,(H,16,17)/b11-8+. The van der Waals surface area contributed by atoms with Crippen LogP contribution in [0.4, 0.5) is 0 Å². The minimum atomic E-state index is -0.0336. The number of nitrogens with one attached hydrogen (secondary N) is 2. The van der Waals surface area contributed by atoms with E-state index in [4.69, 9.17) is 0 Å². The Kier molecular flexibility index (Phi) is 3.03. The van der Waals surface area contributed by atoms with E-state index in [-0.39, 0.29) is 11.3 Å². The molecule has 0 spiro atoms. The maximum absolute atomic E-state index is 11.5. The predicted molar refractivity (Wildman–Crippen MR) is 69.3 cm³/mol. The summed E-state index contributed by atoms with van der Waals surface area (Å²) in [4.78, 5) is 11.5. The van der Waals surface area contributed by atoms with Crippen molar-refractivity contribution < 1.29 is 4.79 Å². The second-order valence-electron chi connectivity index (χ2n) is 5.31. The van der Waals surface area contributed by atoms with Gasteiger partial charge in [-0.3, -0.25) is 10.2 Å². The molecule has 1 aromatic carbocycles. The summed E-state index contributed by atoms with van der Waals surface area (Å²) in [6.45, 7) is 7.11. The third-order valence-electron chi connectivity index (χ3n) is 2.87. The molecule has 0 radical (unpaired) electrons. The summed E-state index contributed by atoms with van der Waals surface area (Å²) < 4.78 is 0. The smallest absolute Gasteiger partial charge is 0.262 e. The molecule has 0 aromatic heterocycles. The molecule has 0 saturated carbocycles. The first-order valence-corrected chi connectivity index (χ1v) is 5.82. The van der Waals surface area contributed by atoms with Crippen LogP contribution >= 0.6 is 0 Å². The van der Waals surface area contributed by atoms with Gasteiger partial charge in [0.25, 0.3) is 5.91 Å². The molecule has 1 aliphatic rings. The summed E-state index contributed by atoms with van der Waals surface area (Å²) >= 11 is 0. The molecule has 2 rings (SSSR count). The molecule has 1 heterocycles. The van der Waals surface area contributed by atoms with Crippen molar-refractivity contribution >= 4 is 12.0 Å². The number of carbonyl (C=O) groups is 1. The minimum Gasteiger partial charge on any atom is -0.287 e. The van der Waals surface area contributed by atoms with Crippen molar-refractivity contribution in [3.63, 3.8) is 0 Å². The fourth-order valence-corrected chi connectivity index (χ4v) is 1.99. The molecule has 90 valence electrons. The first-order chi connectivity index (χ1) is 7.98. The highest BCUT2D eigenvalue weighted by molar-refractivity contribution is 5.99. The van der Waals surface area contributed by atoms with Gasteiger partial charge in [0.1, 0.15) is 0 Å². The van der Waals surface area contributed by atoms with Gasteiger partial charge in [-0.1, -0.05) is 45.0 Å². The number of hydrogen-bond acceptors (Lipinski definition) is 2. The van der Waals surface area contributed by atoms with Gasteiger partial charge in [0.05, 0.1) is 0 Å². The predicted octanol–water partition coefficient (Wildman–Crippen LogP) is 2.00. The van der Waals surface area contributed by atoms with Crippen molar-refractivity contribution in [1.29, 1.82) is 0 Å². The first-order valence-electron chi connectivity index (χ1n) is 5.82. The topological polar surface area (TPSA) is 41.1 Å². The molecule has 2 N–H and O–H groups in total. The van der Waals surface area contributed by atoms with Gasteiger partial charge in [-0.25, -0.2) is 5.43 Å². The maximum atomic E-state index is 11.5. The highest BCUT2D eigenvalue weighted by Crippen LogP contribution is 2.27. The highest BCUT2D eigenvalue weighted by atomic mass is 16.2. The van der Waals surface area contributed by atoms with Crippen LogP contribution in [0.5, 0.6) is 0 Å². The van der Waals surface area contributed by atoms with E-state index in [0.29, 0.717) is 6.54 Å². The number of hydrazine groups is 1. The Morgan fingerprint density at radius 2 is 1.94 bits per heavy atom. The van der Waals surface area contributed by atoms with Gasteiger partial charge in [-0.2, -0.15) is 0 Å². The van der Waals surface area contributed by atoms with Gasteiger partial charge in [0, 0.05) is 12.1 Å². The van der Waals surface area contributed by atoms with E-state index in [0.717, 1.165) is 11.1 Å². The molecule has 0 atom stereocenters. The van der Waals surface area contributed by atoms with E-state index in [1.54, 1.807) is 0 Å². The van der Waals surface area contributed by atoms with Crippen molar-refractivity contribution in [1.82, 2.24) is 10.9 Å². The average Bonchev–Trinajstić information content (AvgIpc) is 2.64. The lowest BCUT2D eigenvalue weighted by atomic mass is 9.83. The van der Waals surface area contributed by atoms with Crippen LogP contribution in [0.15, 0.2) is 29.8 Å². The van der Waals surface area contributed by atoms with Gasteiger partial charge >= 0.3 is 0 Å². The lowest BCUT2D eigenvalue weighted by molar-refractivity contribution is -0.116. The third kappa shape index (κ3) is 2.56. The molecule has 17 heavy (non-hydrogen) atoms. The highest BCUT2D eigenvalue weighted by Gasteiger charge is 2.19. The van der Waals surface area contributed by atoms with E-state index in [9.17, 15) is 4.79 Å². The van der Waals surface area contributed by atoms with Crippen molar-refractivity contribution in [2.75, 3.05) is 6.54 Å². The zero-order chi connectivity index (χ0) is 12.5. The Morgan fingerprint density at radius 1 is 1.24 bits per heavy atom. The first kappa shape index (κ1) is 11.9. The number of carbonyl (C=O) groups excluding carboxylic acids is 1. The van der Waals surface area contributed by atoms with Crippen LogP contribution in [0.3, 0.4) is 0 Å². The van der Waals surface area contributed by atoms with E-state index in [1.165, 1.54) is 5.56 Å². The Balaban J connectivity index is 2.43. The largest absolute Gasteiger partial charge is 0.287 e. The summed E-state index contributed by atoms with van der Waals surface area (Å²) in [5.41, 5.74) is 8.66. The lowest BCUT2D eigenvalue weighted by Crippen LogP contribution is -2.25. The van der Waals surface area contributed by atoms with Crippen molar-refractivity contribution in [3.05, 3.63) is 41.0 Å². The zero-order valence-corrected chi connectivity index (χ0v) is 10.5. The summed E-state index contributed by atoms with van der Waals surface area (Å²) in [7, 11) is 0. The molecular weight excluding hydrogens is 212 g/mol. The van der Waals surface area contributed by atoms with Gasteiger partial charge in [-0.15, -0.1) is 0 Å². The van der Waals surface area contributed by atoms with Crippen LogP contribution in [-0.2, 0) is 10.2 Å². The summed E-state index contributed by atoms with van der Waals surface area (Å²) in [5, 5.41) is 0. The summed E-state index contributed by atoms with van der Waals surface area (Å²) in [6, 6.07) is 8.21. The van der Waals surface area contributed by atoms with E-state index >= 15 is 0 Å². The van der Waals surface area contributed by atoms with Crippen molar-refractivity contribution in [2.45, 2.75) is 26.2 Å². The fourth-order valence-electron chi connectivity index (χ4n) is 1.99. The maximum Gasteiger partial charge on any atom is 0.262 e. The van der Waals surface area contributed by atoms with E-state index in [1.807, 2.05) is 18.2 Å². The molecule has 3 nitrogen and oxygen atoms in total. The number of hydrogen-bond donors (Lipinski definition) is 2. The molecule has 1 aromatic rings. The van der Waals surface area contributed by atoms with Gasteiger partial charge in [-0.05, 0) is 22.6 Å². The van der Waals surface area contributed by atoms with E-state index in [2.05, 4.69) is 43.8 Å². The number of benzene rings is 1. The molecule has 0 bridgehead atoms. The van der Waals surface area contributed by atoms with Crippen LogP contribution in [0.1, 0.15) is 31.9 Å². The number of rotatable bonds is 1. The second kappa shape index (κ2) is 4.34. The SMILES string of the molecule is CC(C)(C)c1ccccc1/C=C1\CNNC1=O. The average molecular weight is 230 g/mol. The quantitative estimate of drug-likeness (QED) is 0.724. The molecule has 0 unspecified atom stereocenters. The lowest BCUT2D eigenvalue weighted by Gasteiger charge is -2.21. The Labute approximate surface area is 102 Å². The van der Waals surface area contributed by atoms with Crippen LogP contribution < -0.4 is 10.9 Å². The zero-order valence-electron chi connectivity index (χ0n) is 10.5. The molecular formula is C14H18N2O. The minimum absolute atomic E-state index is 0.0336. The molecule has 1 aliphatic heterocycles. The Hall–Kier alpha value is -1.61. The molecule has 3 heteroatoms. The van der Waals surface area contributed by atoms with E-state index < -0.39 is 0 Å². The van der Waals surface area contributed by atoms with Gasteiger partial charge in [0.2, 0.25) is 0 Å². The van der Waals surface area contributed by atoms with Crippen LogP contribution in [0, 0.1) is 0 Å². The molecule has 0 aliphatic carbocycles. The van der Waals surface area contributed by atoms with Crippen molar-refractivity contribution in [3.8, 4) is 0 Å². The summed E-state index contributed by atoms with van der Waals surface area (Å²) in [5.74, 6) is -0.0336. The number of amides is 1. The monoisotopic (exact) mass is 230 g/mol. The third-order valence-corrected chi connectivity index (χ3v) is 2.87. The Bertz CT molecular complexity index is 469. The van der Waals surface area contributed by atoms with Crippen LogP contribution in [0.25, 0.3) is 6.08 Å². The normalized spacial score (nSPS) is 18.5. The van der Waals surface area contributed by atoms with Gasteiger partial charge < -0.3 is 0 Å². The van der Waals surface area contributed by atoms with Crippen LogP contribution in [0.2, 0.25) is 0 Å². The second-order valence-corrected chi connectivity index (χ2v) is 5.31. The molecule has 1 saturated heterocycles. The fraction of sp³-hybridized carbons (Fsp3) is 0.357. The van der Waals surface area contributed by atoms with Gasteiger partial charge in [0.15, 0.2) is 0 Å². The van der Waals surface area contributed by atoms with Crippen molar-refractivity contribution in [2.24, 2.45) is 0 Å². The molecule has 1 amide bonds.